The van der Waals surface area contributed by atoms with E-state index >= 15 is 0 Å². The van der Waals surface area contributed by atoms with Crippen LogP contribution in [0.15, 0.2) is 22.7 Å². The maximum absolute atomic E-state index is 13.1. The van der Waals surface area contributed by atoms with Crippen LogP contribution < -0.4 is 10.6 Å². The number of fused-ring (bicyclic) bond motifs is 2. The number of aromatic nitrogens is 1. The van der Waals surface area contributed by atoms with E-state index in [4.69, 9.17) is 9.47 Å². The number of cyclic esters (lactones) is 1. The molecular formula is C21H24N4O6S2. The number of allylic oxidation sites excluding steroid dienone is 1. The van der Waals surface area contributed by atoms with Crippen molar-refractivity contribution in [2.45, 2.75) is 51.1 Å². The monoisotopic (exact) mass is 492 g/mol. The number of nitrogens with one attached hydrogen (secondary N) is 2. The number of hydrogen-bond donors (Lipinski definition) is 2. The fraction of sp³-hybridized carbons (Fsp3) is 0.476. The summed E-state index contributed by atoms with van der Waals surface area (Å²) in [5.41, 5.74) is 1.16. The van der Waals surface area contributed by atoms with E-state index in [2.05, 4.69) is 15.6 Å². The van der Waals surface area contributed by atoms with Crippen LogP contribution in [0.25, 0.3) is 5.57 Å². The highest BCUT2D eigenvalue weighted by atomic mass is 32.2. The van der Waals surface area contributed by atoms with Crippen molar-refractivity contribution >= 4 is 57.7 Å². The van der Waals surface area contributed by atoms with Gasteiger partial charge in [-0.1, -0.05) is 13.0 Å². The van der Waals surface area contributed by atoms with Gasteiger partial charge in [0.1, 0.15) is 29.3 Å². The Morgan fingerprint density at radius 2 is 2.12 bits per heavy atom. The van der Waals surface area contributed by atoms with Crippen molar-refractivity contribution in [2.24, 2.45) is 0 Å². The summed E-state index contributed by atoms with van der Waals surface area (Å²) < 4.78 is 10.3. The molecule has 0 aliphatic carbocycles. The predicted molar refractivity (Wildman–Crippen MR) is 123 cm³/mol. The van der Waals surface area contributed by atoms with Gasteiger partial charge in [-0.2, -0.15) is 0 Å². The van der Waals surface area contributed by atoms with Crippen molar-refractivity contribution in [3.63, 3.8) is 0 Å². The van der Waals surface area contributed by atoms with Crippen molar-refractivity contribution in [1.29, 1.82) is 0 Å². The molecule has 4 rings (SSSR count). The number of carbonyl (C=O) groups excluding carboxylic acids is 4. The third-order valence-corrected chi connectivity index (χ3v) is 7.04. The molecule has 1 aromatic heterocycles. The molecule has 0 spiro atoms. The second-order valence-electron chi connectivity index (χ2n) is 8.58. The number of carbonyl (C=O) groups is 4. The maximum atomic E-state index is 13.1. The molecule has 0 saturated carbocycles. The van der Waals surface area contributed by atoms with E-state index in [0.717, 1.165) is 16.9 Å². The first-order valence-corrected chi connectivity index (χ1v) is 12.3. The average molecular weight is 493 g/mol. The van der Waals surface area contributed by atoms with Crippen molar-refractivity contribution in [3.8, 4) is 0 Å². The Morgan fingerprint density at radius 3 is 2.82 bits per heavy atom. The second-order valence-corrected chi connectivity index (χ2v) is 10.5. The van der Waals surface area contributed by atoms with Crippen molar-refractivity contribution in [2.75, 3.05) is 17.7 Å². The molecular weight excluding hydrogens is 468 g/mol. The van der Waals surface area contributed by atoms with Gasteiger partial charge in [-0.05, 0) is 27.2 Å². The Labute approximate surface area is 198 Å². The van der Waals surface area contributed by atoms with E-state index in [1.54, 1.807) is 32.2 Å². The summed E-state index contributed by atoms with van der Waals surface area (Å²) in [6, 6.07) is -0.747. The lowest BCUT2D eigenvalue weighted by molar-refractivity contribution is -0.150. The molecule has 3 aliphatic rings. The normalized spacial score (nSPS) is 22.3. The summed E-state index contributed by atoms with van der Waals surface area (Å²) in [7, 11) is 0. The fourth-order valence-electron chi connectivity index (χ4n) is 3.59. The number of anilines is 1. The number of amides is 3. The van der Waals surface area contributed by atoms with Gasteiger partial charge in [0.15, 0.2) is 5.13 Å². The lowest BCUT2D eigenvalue weighted by atomic mass is 10.0. The third-order valence-electron chi connectivity index (χ3n) is 4.95. The minimum atomic E-state index is -0.747. The van der Waals surface area contributed by atoms with E-state index in [1.165, 1.54) is 16.7 Å². The Kier molecular flexibility index (Phi) is 6.23. The Balaban J connectivity index is 1.44. The number of thioether (sulfide) groups is 1. The van der Waals surface area contributed by atoms with E-state index in [0.29, 0.717) is 34.3 Å². The van der Waals surface area contributed by atoms with E-state index in [-0.39, 0.29) is 17.9 Å². The van der Waals surface area contributed by atoms with Gasteiger partial charge in [-0.25, -0.2) is 14.6 Å². The third kappa shape index (κ3) is 4.62. The van der Waals surface area contributed by atoms with Gasteiger partial charge in [-0.3, -0.25) is 19.8 Å². The number of rotatable bonds is 5. The molecule has 3 amide bonds. The highest BCUT2D eigenvalue weighted by Gasteiger charge is 2.55. The van der Waals surface area contributed by atoms with Crippen LogP contribution in [0.2, 0.25) is 0 Å². The molecule has 1 fully saturated rings. The Hall–Kier alpha value is -2.86. The van der Waals surface area contributed by atoms with Crippen LogP contribution in [0, 0.1) is 0 Å². The lowest BCUT2D eigenvalue weighted by Gasteiger charge is -2.48. The zero-order valence-corrected chi connectivity index (χ0v) is 20.2. The fourth-order valence-corrected chi connectivity index (χ4v) is 5.61. The van der Waals surface area contributed by atoms with E-state index in [9.17, 15) is 19.2 Å². The van der Waals surface area contributed by atoms with Crippen LogP contribution in [0.3, 0.4) is 0 Å². The molecule has 33 heavy (non-hydrogen) atoms. The van der Waals surface area contributed by atoms with Gasteiger partial charge >= 0.3 is 12.1 Å². The number of esters is 1. The summed E-state index contributed by atoms with van der Waals surface area (Å²) in [6.45, 7) is 7.36. The number of nitrogens with zero attached hydrogens (tertiary/aromatic N) is 2. The average Bonchev–Trinajstić information content (AvgIpc) is 3.34. The molecule has 10 nitrogen and oxygen atoms in total. The van der Waals surface area contributed by atoms with Gasteiger partial charge in [-0.15, -0.1) is 23.1 Å². The predicted octanol–water partition coefficient (Wildman–Crippen LogP) is 2.49. The molecule has 2 atom stereocenters. The molecule has 3 aliphatic heterocycles. The van der Waals surface area contributed by atoms with E-state index in [1.807, 2.05) is 6.92 Å². The molecule has 4 heterocycles. The number of thiazole rings is 1. The second kappa shape index (κ2) is 8.82. The van der Waals surface area contributed by atoms with Gasteiger partial charge in [0.2, 0.25) is 0 Å². The quantitative estimate of drug-likeness (QED) is 0.365. The van der Waals surface area contributed by atoms with Crippen LogP contribution >= 0.6 is 23.1 Å². The SMILES string of the molecule is CC/C=C(\C(=O)N[C@@H]1C(=O)N2C3=C(COC3=O)CS[C@H]12)c1csc(NC(=O)OC(C)(C)C)n1. The van der Waals surface area contributed by atoms with Crippen molar-refractivity contribution in [1.82, 2.24) is 15.2 Å². The van der Waals surface area contributed by atoms with Crippen LogP contribution in [0.4, 0.5) is 9.93 Å². The van der Waals surface area contributed by atoms with Crippen LogP contribution in [0.1, 0.15) is 39.8 Å². The summed E-state index contributed by atoms with van der Waals surface area (Å²) in [5, 5.41) is 6.94. The van der Waals surface area contributed by atoms with Gasteiger partial charge in [0, 0.05) is 16.7 Å². The summed E-state index contributed by atoms with van der Waals surface area (Å²) in [5.74, 6) is -0.704. The molecule has 0 unspecified atom stereocenters. The van der Waals surface area contributed by atoms with Crippen LogP contribution in [-0.2, 0) is 23.9 Å². The first-order valence-electron chi connectivity index (χ1n) is 10.4. The molecule has 176 valence electrons. The lowest BCUT2D eigenvalue weighted by Crippen LogP contribution is -2.70. The first kappa shape index (κ1) is 23.3. The molecule has 2 N–H and O–H groups in total. The highest BCUT2D eigenvalue weighted by molar-refractivity contribution is 8.00. The number of hydrogen-bond acceptors (Lipinski definition) is 9. The standard InChI is InChI=1S/C21H24N4O6S2/c1-5-6-11(12-9-33-19(22-12)24-20(29)31-21(2,3)4)15(26)23-13-16(27)25-14-10(7-30-18(14)28)8-32-17(13)25/h6,9,13,17H,5,7-8H2,1-4H3,(H,23,26)(H,22,24,29)/b11-6-/t13-,17-/m1/s1. The molecule has 0 radical (unpaired) electrons. The maximum Gasteiger partial charge on any atom is 0.413 e. The number of ether oxygens (including phenoxy) is 2. The van der Waals surface area contributed by atoms with E-state index < -0.39 is 29.6 Å². The van der Waals surface area contributed by atoms with Crippen LogP contribution in [-0.4, -0.2) is 63.1 Å². The summed E-state index contributed by atoms with van der Waals surface area (Å²) >= 11 is 2.65. The zero-order chi connectivity index (χ0) is 23.9. The zero-order valence-electron chi connectivity index (χ0n) is 18.6. The van der Waals surface area contributed by atoms with Crippen LogP contribution in [0.5, 0.6) is 0 Å². The molecule has 1 aromatic rings. The minimum absolute atomic E-state index is 0.210. The largest absolute Gasteiger partial charge is 0.456 e. The molecule has 0 aromatic carbocycles. The molecule has 0 bridgehead atoms. The molecule has 12 heteroatoms. The van der Waals surface area contributed by atoms with Gasteiger partial charge < -0.3 is 14.8 Å². The highest BCUT2D eigenvalue weighted by Crippen LogP contribution is 2.42. The topological polar surface area (TPSA) is 127 Å². The summed E-state index contributed by atoms with van der Waals surface area (Å²) in [4.78, 5) is 55.5. The Bertz CT molecular complexity index is 1090. The van der Waals surface area contributed by atoms with Gasteiger partial charge in [0.05, 0.1) is 11.3 Å². The Morgan fingerprint density at radius 1 is 1.36 bits per heavy atom. The number of β-lactam (4-membered cyclic amide) rings is 1. The van der Waals surface area contributed by atoms with Crippen molar-refractivity contribution < 1.29 is 28.7 Å². The smallest absolute Gasteiger partial charge is 0.413 e. The van der Waals surface area contributed by atoms with Gasteiger partial charge in [0.25, 0.3) is 11.8 Å². The molecule has 1 saturated heterocycles. The first-order chi connectivity index (χ1) is 15.6. The van der Waals surface area contributed by atoms with Crippen molar-refractivity contribution in [3.05, 3.63) is 28.4 Å². The minimum Gasteiger partial charge on any atom is -0.456 e. The summed E-state index contributed by atoms with van der Waals surface area (Å²) in [6.07, 6.45) is 1.65.